The molecule has 0 aliphatic heterocycles. The average molecular weight is 360 g/mol. The number of rotatable bonds is 3. The van der Waals surface area contributed by atoms with E-state index in [1.54, 1.807) is 12.1 Å². The lowest BCUT2D eigenvalue weighted by atomic mass is 9.95. The van der Waals surface area contributed by atoms with E-state index in [-0.39, 0.29) is 5.56 Å². The Morgan fingerprint density at radius 1 is 1.24 bits per heavy atom. The van der Waals surface area contributed by atoms with Gasteiger partial charge < -0.3 is 0 Å². The van der Waals surface area contributed by atoms with Gasteiger partial charge in [-0.15, -0.1) is 0 Å². The monoisotopic (exact) mass is 359 g/mol. The third-order valence-corrected chi connectivity index (χ3v) is 4.25. The van der Waals surface area contributed by atoms with Crippen LogP contribution in [-0.2, 0) is 6.18 Å². The van der Waals surface area contributed by atoms with Crippen LogP contribution in [0.4, 0.5) is 13.2 Å². The van der Waals surface area contributed by atoms with E-state index in [1.165, 1.54) is 6.20 Å². The highest BCUT2D eigenvalue weighted by Crippen LogP contribution is 2.37. The summed E-state index contributed by atoms with van der Waals surface area (Å²) < 4.78 is 40.1. The predicted octanol–water partition coefficient (Wildman–Crippen LogP) is 3.72. The average Bonchev–Trinajstić information content (AvgIpc) is 2.44. The first-order valence-corrected chi connectivity index (χ1v) is 6.87. The summed E-state index contributed by atoms with van der Waals surface area (Å²) in [5, 5.41) is 0. The highest BCUT2D eigenvalue weighted by atomic mass is 79.9. The van der Waals surface area contributed by atoms with E-state index in [0.29, 0.717) is 10.0 Å². The predicted molar refractivity (Wildman–Crippen MR) is 77.3 cm³/mol. The molecule has 112 valence electrons. The Balaban J connectivity index is 2.60. The minimum absolute atomic E-state index is 0.0150. The molecule has 0 spiro atoms. The molecule has 1 aromatic carbocycles. The van der Waals surface area contributed by atoms with Crippen molar-refractivity contribution in [3.05, 3.63) is 63.4 Å². The van der Waals surface area contributed by atoms with Gasteiger partial charge in [-0.05, 0) is 24.1 Å². The quantitative estimate of drug-likeness (QED) is 0.648. The molecule has 1 aromatic heterocycles. The summed E-state index contributed by atoms with van der Waals surface area (Å²) in [5.41, 5.74) is 3.20. The summed E-state index contributed by atoms with van der Waals surface area (Å²) in [4.78, 5) is 3.79. The van der Waals surface area contributed by atoms with E-state index in [1.807, 2.05) is 13.0 Å². The minimum Gasteiger partial charge on any atom is -0.271 e. The number of hydrogen-bond donors (Lipinski definition) is 2. The van der Waals surface area contributed by atoms with Crippen molar-refractivity contribution in [3.63, 3.8) is 0 Å². The molecule has 0 saturated heterocycles. The fourth-order valence-corrected chi connectivity index (χ4v) is 2.63. The van der Waals surface area contributed by atoms with Gasteiger partial charge in [0.2, 0.25) is 0 Å². The number of aryl methyl sites for hydroxylation is 1. The molecule has 0 aliphatic rings. The molecular formula is C14H13BrF3N3. The first-order chi connectivity index (χ1) is 9.86. The number of hydrogen-bond acceptors (Lipinski definition) is 3. The number of nitrogens with zero attached hydrogens (tertiary/aromatic N) is 1. The molecule has 0 aliphatic carbocycles. The van der Waals surface area contributed by atoms with Crippen molar-refractivity contribution in [2.24, 2.45) is 5.84 Å². The largest absolute Gasteiger partial charge is 0.416 e. The van der Waals surface area contributed by atoms with Gasteiger partial charge in [-0.1, -0.05) is 34.1 Å². The first kappa shape index (κ1) is 15.9. The molecule has 0 amide bonds. The minimum atomic E-state index is -4.47. The SMILES string of the molecule is Cc1cccc(C(NN)c2cnccc2C(F)(F)F)c1Br. The second-order valence-corrected chi connectivity index (χ2v) is 5.33. The molecular weight excluding hydrogens is 347 g/mol. The number of pyridine rings is 1. The molecule has 0 bridgehead atoms. The van der Waals surface area contributed by atoms with E-state index in [2.05, 4.69) is 26.3 Å². The van der Waals surface area contributed by atoms with Crippen LogP contribution in [0.25, 0.3) is 0 Å². The maximum absolute atomic E-state index is 13.1. The highest BCUT2D eigenvalue weighted by molar-refractivity contribution is 9.10. The van der Waals surface area contributed by atoms with Crippen LogP contribution in [0.1, 0.15) is 28.3 Å². The van der Waals surface area contributed by atoms with E-state index >= 15 is 0 Å². The number of nitrogens with one attached hydrogen (secondary N) is 1. The van der Waals surface area contributed by atoms with Gasteiger partial charge in [-0.25, -0.2) is 5.43 Å². The highest BCUT2D eigenvalue weighted by Gasteiger charge is 2.35. The van der Waals surface area contributed by atoms with Crippen LogP contribution in [0, 0.1) is 6.92 Å². The zero-order chi connectivity index (χ0) is 15.6. The lowest BCUT2D eigenvalue weighted by Gasteiger charge is -2.22. The van der Waals surface area contributed by atoms with Crippen LogP contribution in [0.3, 0.4) is 0 Å². The Labute approximate surface area is 128 Å². The fraction of sp³-hybridized carbons (Fsp3) is 0.214. The third-order valence-electron chi connectivity index (χ3n) is 3.17. The first-order valence-electron chi connectivity index (χ1n) is 6.08. The summed E-state index contributed by atoms with van der Waals surface area (Å²) in [6, 6.07) is 5.47. The van der Waals surface area contributed by atoms with Crippen LogP contribution in [0.2, 0.25) is 0 Å². The van der Waals surface area contributed by atoms with Crippen molar-refractivity contribution in [2.45, 2.75) is 19.1 Å². The number of halogens is 4. The molecule has 0 saturated carbocycles. The Bertz CT molecular complexity index is 644. The van der Waals surface area contributed by atoms with E-state index in [4.69, 9.17) is 5.84 Å². The number of hydrazine groups is 1. The van der Waals surface area contributed by atoms with Crippen LogP contribution in [0.5, 0.6) is 0 Å². The Hall–Kier alpha value is -1.44. The van der Waals surface area contributed by atoms with Crippen LogP contribution in [0.15, 0.2) is 41.1 Å². The van der Waals surface area contributed by atoms with Gasteiger partial charge in [-0.2, -0.15) is 13.2 Å². The molecule has 0 fully saturated rings. The van der Waals surface area contributed by atoms with Gasteiger partial charge in [0.05, 0.1) is 11.6 Å². The Morgan fingerprint density at radius 3 is 2.57 bits per heavy atom. The van der Waals surface area contributed by atoms with Crippen LogP contribution >= 0.6 is 15.9 Å². The maximum atomic E-state index is 13.1. The van der Waals surface area contributed by atoms with Crippen molar-refractivity contribution in [1.29, 1.82) is 0 Å². The number of nitrogens with two attached hydrogens (primary N) is 1. The van der Waals surface area contributed by atoms with Gasteiger partial charge in [0, 0.05) is 22.4 Å². The molecule has 1 heterocycles. The molecule has 2 aromatic rings. The fourth-order valence-electron chi connectivity index (χ4n) is 2.14. The number of aromatic nitrogens is 1. The van der Waals surface area contributed by atoms with Gasteiger partial charge in [-0.3, -0.25) is 10.8 Å². The standard InChI is InChI=1S/C14H13BrF3N3/c1-8-3-2-4-9(12(8)15)13(21-19)10-7-20-6-5-11(10)14(16,17)18/h2-7,13,21H,19H2,1H3. The van der Waals surface area contributed by atoms with Crippen LogP contribution in [-0.4, -0.2) is 4.98 Å². The zero-order valence-corrected chi connectivity index (χ0v) is 12.7. The van der Waals surface area contributed by atoms with Crippen molar-refractivity contribution in [2.75, 3.05) is 0 Å². The van der Waals surface area contributed by atoms with Crippen molar-refractivity contribution >= 4 is 15.9 Å². The summed E-state index contributed by atoms with van der Waals surface area (Å²) in [5.74, 6) is 5.50. The maximum Gasteiger partial charge on any atom is 0.416 e. The van der Waals surface area contributed by atoms with Gasteiger partial charge >= 0.3 is 6.18 Å². The lowest BCUT2D eigenvalue weighted by molar-refractivity contribution is -0.138. The van der Waals surface area contributed by atoms with Crippen molar-refractivity contribution < 1.29 is 13.2 Å². The van der Waals surface area contributed by atoms with Gasteiger partial charge in [0.15, 0.2) is 0 Å². The normalized spacial score (nSPS) is 13.2. The van der Waals surface area contributed by atoms with Crippen LogP contribution < -0.4 is 11.3 Å². The third kappa shape index (κ3) is 3.25. The molecule has 1 unspecified atom stereocenters. The summed E-state index contributed by atoms with van der Waals surface area (Å²) in [6.07, 6.45) is -2.17. The van der Waals surface area contributed by atoms with E-state index < -0.39 is 17.8 Å². The smallest absolute Gasteiger partial charge is 0.271 e. The summed E-state index contributed by atoms with van der Waals surface area (Å²) >= 11 is 3.40. The molecule has 7 heteroatoms. The number of alkyl halides is 3. The van der Waals surface area contributed by atoms with E-state index in [9.17, 15) is 13.2 Å². The molecule has 0 radical (unpaired) electrons. The van der Waals surface area contributed by atoms with Crippen molar-refractivity contribution in [1.82, 2.24) is 10.4 Å². The summed E-state index contributed by atoms with van der Waals surface area (Å²) in [6.45, 7) is 1.86. The van der Waals surface area contributed by atoms with E-state index in [0.717, 1.165) is 17.8 Å². The topological polar surface area (TPSA) is 50.9 Å². The summed E-state index contributed by atoms with van der Waals surface area (Å²) in [7, 11) is 0. The Morgan fingerprint density at radius 2 is 1.95 bits per heavy atom. The second-order valence-electron chi connectivity index (χ2n) is 4.54. The number of benzene rings is 1. The molecule has 21 heavy (non-hydrogen) atoms. The molecule has 2 rings (SSSR count). The lowest BCUT2D eigenvalue weighted by Crippen LogP contribution is -2.31. The second kappa shape index (κ2) is 6.13. The zero-order valence-electron chi connectivity index (χ0n) is 11.1. The molecule has 3 N–H and O–H groups in total. The Kier molecular flexibility index (Phi) is 4.65. The van der Waals surface area contributed by atoms with Crippen molar-refractivity contribution in [3.8, 4) is 0 Å². The van der Waals surface area contributed by atoms with Gasteiger partial charge in [0.1, 0.15) is 0 Å². The molecule has 1 atom stereocenters. The molecule has 3 nitrogen and oxygen atoms in total. The van der Waals surface area contributed by atoms with Gasteiger partial charge in [0.25, 0.3) is 0 Å².